The van der Waals surface area contributed by atoms with Gasteiger partial charge in [0.2, 0.25) is 0 Å². The molecule has 3 heterocycles. The second kappa shape index (κ2) is 7.39. The van der Waals surface area contributed by atoms with Crippen molar-refractivity contribution in [3.05, 3.63) is 46.7 Å². The lowest BCUT2D eigenvalue weighted by Crippen LogP contribution is -2.49. The van der Waals surface area contributed by atoms with Gasteiger partial charge in [-0.05, 0) is 25.5 Å². The molecule has 1 atom stereocenters. The third-order valence-corrected chi connectivity index (χ3v) is 5.64. The molecule has 0 radical (unpaired) electrons. The zero-order valence-electron chi connectivity index (χ0n) is 15.0. The van der Waals surface area contributed by atoms with E-state index in [2.05, 4.69) is 15.3 Å². The number of nitrogens with zero attached hydrogens (tertiary/aromatic N) is 4. The van der Waals surface area contributed by atoms with Crippen LogP contribution in [0.1, 0.15) is 22.5 Å². The highest BCUT2D eigenvalue weighted by atomic mass is 35.5. The number of piperazine rings is 1. The average Bonchev–Trinajstić information content (AvgIpc) is 3.29. The zero-order valence-corrected chi connectivity index (χ0v) is 15.7. The molecule has 1 aromatic carbocycles. The summed E-state index contributed by atoms with van der Waals surface area (Å²) in [5.74, 6) is 0.0194. The number of likely N-dealkylation sites (tertiary alicyclic amines) is 1. The van der Waals surface area contributed by atoms with E-state index in [1.165, 1.54) is 0 Å². The zero-order chi connectivity index (χ0) is 18.1. The molecule has 4 rings (SSSR count). The lowest BCUT2D eigenvalue weighted by Gasteiger charge is -2.32. The van der Waals surface area contributed by atoms with Crippen LogP contribution in [-0.2, 0) is 0 Å². The quantitative estimate of drug-likeness (QED) is 0.893. The van der Waals surface area contributed by atoms with Crippen LogP contribution >= 0.6 is 11.6 Å². The van der Waals surface area contributed by atoms with E-state index in [-0.39, 0.29) is 5.91 Å². The minimum absolute atomic E-state index is 0.0194. The topological polar surface area (TPSA) is 53.4 Å². The van der Waals surface area contributed by atoms with Gasteiger partial charge in [-0.1, -0.05) is 23.7 Å². The van der Waals surface area contributed by atoms with E-state index in [0.717, 1.165) is 56.9 Å². The lowest BCUT2D eigenvalue weighted by atomic mass is 10.2. The van der Waals surface area contributed by atoms with Crippen LogP contribution in [0.4, 0.5) is 0 Å². The number of amides is 1. The monoisotopic (exact) mass is 373 g/mol. The van der Waals surface area contributed by atoms with E-state index in [1.54, 1.807) is 4.68 Å². The Hall–Kier alpha value is -1.89. The SMILES string of the molecule is Cc1cn(-c2ccccc2Cl)nc1C(=O)N1CCC(N2CCNCC2)C1. The van der Waals surface area contributed by atoms with E-state index >= 15 is 0 Å². The molecule has 138 valence electrons. The highest BCUT2D eigenvalue weighted by Gasteiger charge is 2.32. The molecule has 2 aliphatic rings. The van der Waals surface area contributed by atoms with Crippen LogP contribution in [-0.4, -0.2) is 70.8 Å². The molecule has 1 unspecified atom stereocenters. The number of para-hydroxylation sites is 1. The van der Waals surface area contributed by atoms with Gasteiger partial charge in [-0.15, -0.1) is 0 Å². The maximum atomic E-state index is 13.0. The minimum Gasteiger partial charge on any atom is -0.336 e. The molecule has 2 saturated heterocycles. The van der Waals surface area contributed by atoms with Gasteiger partial charge in [0.15, 0.2) is 5.69 Å². The molecule has 2 aliphatic heterocycles. The van der Waals surface area contributed by atoms with Crippen molar-refractivity contribution in [2.75, 3.05) is 39.3 Å². The fourth-order valence-electron chi connectivity index (χ4n) is 3.85. The standard InChI is InChI=1S/C19H24ClN5O/c1-14-12-25(17-5-3-2-4-16(17)20)22-18(14)19(26)24-9-6-15(13-24)23-10-7-21-8-11-23/h2-5,12,15,21H,6-11,13H2,1H3. The van der Waals surface area contributed by atoms with Gasteiger partial charge in [-0.3, -0.25) is 9.69 Å². The number of halogens is 1. The number of aromatic nitrogens is 2. The van der Waals surface area contributed by atoms with Crippen LogP contribution in [0.3, 0.4) is 0 Å². The predicted molar refractivity (Wildman–Crippen MR) is 102 cm³/mol. The van der Waals surface area contributed by atoms with Gasteiger partial charge in [-0.2, -0.15) is 5.10 Å². The molecule has 0 bridgehead atoms. The van der Waals surface area contributed by atoms with Crippen molar-refractivity contribution in [3.8, 4) is 5.69 Å². The summed E-state index contributed by atoms with van der Waals surface area (Å²) < 4.78 is 1.70. The third kappa shape index (κ3) is 3.37. The number of benzene rings is 1. The molecule has 0 aliphatic carbocycles. The van der Waals surface area contributed by atoms with Crippen molar-refractivity contribution in [1.29, 1.82) is 0 Å². The maximum Gasteiger partial charge on any atom is 0.274 e. The average molecular weight is 374 g/mol. The number of carbonyl (C=O) groups excluding carboxylic acids is 1. The summed E-state index contributed by atoms with van der Waals surface area (Å²) in [5.41, 5.74) is 2.18. The van der Waals surface area contributed by atoms with Gasteiger partial charge >= 0.3 is 0 Å². The van der Waals surface area contributed by atoms with Crippen LogP contribution in [0.15, 0.2) is 30.5 Å². The smallest absolute Gasteiger partial charge is 0.274 e. The summed E-state index contributed by atoms with van der Waals surface area (Å²) in [6.45, 7) is 7.71. The Balaban J connectivity index is 1.49. The first-order valence-electron chi connectivity index (χ1n) is 9.18. The molecule has 1 amide bonds. The van der Waals surface area contributed by atoms with Crippen LogP contribution in [0.5, 0.6) is 0 Å². The summed E-state index contributed by atoms with van der Waals surface area (Å²) in [6, 6.07) is 7.99. The molecule has 2 fully saturated rings. The fraction of sp³-hybridized carbons (Fsp3) is 0.474. The summed E-state index contributed by atoms with van der Waals surface area (Å²) >= 11 is 6.27. The number of carbonyl (C=O) groups is 1. The second-order valence-corrected chi connectivity index (χ2v) is 7.44. The number of hydrogen-bond donors (Lipinski definition) is 1. The Morgan fingerprint density at radius 2 is 2.00 bits per heavy atom. The highest BCUT2D eigenvalue weighted by Crippen LogP contribution is 2.23. The van der Waals surface area contributed by atoms with E-state index in [0.29, 0.717) is 16.8 Å². The lowest BCUT2D eigenvalue weighted by molar-refractivity contribution is 0.0766. The first kappa shape index (κ1) is 17.5. The van der Waals surface area contributed by atoms with Crippen molar-refractivity contribution in [3.63, 3.8) is 0 Å². The van der Waals surface area contributed by atoms with Crippen molar-refractivity contribution in [2.45, 2.75) is 19.4 Å². The van der Waals surface area contributed by atoms with E-state index in [1.807, 2.05) is 42.3 Å². The van der Waals surface area contributed by atoms with Crippen molar-refractivity contribution in [2.24, 2.45) is 0 Å². The van der Waals surface area contributed by atoms with Gasteiger partial charge in [0, 0.05) is 57.1 Å². The molecule has 0 saturated carbocycles. The molecule has 1 aromatic heterocycles. The maximum absolute atomic E-state index is 13.0. The molecular weight excluding hydrogens is 350 g/mol. The molecule has 7 heteroatoms. The van der Waals surface area contributed by atoms with Crippen LogP contribution < -0.4 is 5.32 Å². The van der Waals surface area contributed by atoms with E-state index < -0.39 is 0 Å². The predicted octanol–water partition coefficient (Wildman–Crippen LogP) is 1.95. The van der Waals surface area contributed by atoms with Crippen molar-refractivity contribution < 1.29 is 4.79 Å². The summed E-state index contributed by atoms with van der Waals surface area (Å²) in [7, 11) is 0. The second-order valence-electron chi connectivity index (χ2n) is 7.04. The molecule has 2 aromatic rings. The van der Waals surface area contributed by atoms with Crippen molar-refractivity contribution in [1.82, 2.24) is 24.9 Å². The Morgan fingerprint density at radius 1 is 1.23 bits per heavy atom. The number of aryl methyl sites for hydroxylation is 1. The fourth-order valence-corrected chi connectivity index (χ4v) is 4.08. The summed E-state index contributed by atoms with van der Waals surface area (Å²) in [5, 5.41) is 8.54. The number of hydrogen-bond acceptors (Lipinski definition) is 4. The van der Waals surface area contributed by atoms with E-state index in [9.17, 15) is 4.79 Å². The molecule has 6 nitrogen and oxygen atoms in total. The number of nitrogens with one attached hydrogen (secondary N) is 1. The van der Waals surface area contributed by atoms with Gasteiger partial charge in [0.25, 0.3) is 5.91 Å². The van der Waals surface area contributed by atoms with E-state index in [4.69, 9.17) is 11.6 Å². The summed E-state index contributed by atoms with van der Waals surface area (Å²) in [6.07, 6.45) is 2.91. The van der Waals surface area contributed by atoms with Crippen LogP contribution in [0.25, 0.3) is 5.69 Å². The minimum atomic E-state index is 0.0194. The number of rotatable bonds is 3. The van der Waals surface area contributed by atoms with Gasteiger partial charge in [-0.25, -0.2) is 4.68 Å². The first-order valence-corrected chi connectivity index (χ1v) is 9.56. The van der Waals surface area contributed by atoms with Crippen LogP contribution in [0, 0.1) is 6.92 Å². The molecule has 1 N–H and O–H groups in total. The normalized spacial score (nSPS) is 21.3. The Kier molecular flexibility index (Phi) is 4.98. The first-order chi connectivity index (χ1) is 12.6. The Morgan fingerprint density at radius 3 is 2.77 bits per heavy atom. The van der Waals surface area contributed by atoms with Gasteiger partial charge in [0.05, 0.1) is 10.7 Å². The van der Waals surface area contributed by atoms with Crippen LogP contribution in [0.2, 0.25) is 5.02 Å². The Bertz CT molecular complexity index is 799. The molecular formula is C19H24ClN5O. The van der Waals surface area contributed by atoms with Gasteiger partial charge < -0.3 is 10.2 Å². The Labute approximate surface area is 158 Å². The third-order valence-electron chi connectivity index (χ3n) is 5.32. The largest absolute Gasteiger partial charge is 0.336 e. The van der Waals surface area contributed by atoms with Gasteiger partial charge in [0.1, 0.15) is 0 Å². The van der Waals surface area contributed by atoms with Crippen molar-refractivity contribution >= 4 is 17.5 Å². The molecule has 0 spiro atoms. The highest BCUT2D eigenvalue weighted by molar-refractivity contribution is 6.32. The molecule has 26 heavy (non-hydrogen) atoms. The summed E-state index contributed by atoms with van der Waals surface area (Å²) in [4.78, 5) is 17.5.